The van der Waals surface area contributed by atoms with Crippen molar-refractivity contribution < 1.29 is 14.0 Å². The van der Waals surface area contributed by atoms with Crippen molar-refractivity contribution in [3.05, 3.63) is 95.4 Å². The second kappa shape index (κ2) is 9.45. The van der Waals surface area contributed by atoms with E-state index >= 15 is 0 Å². The van der Waals surface area contributed by atoms with Crippen LogP contribution < -0.4 is 14.8 Å². The summed E-state index contributed by atoms with van der Waals surface area (Å²) >= 11 is 0. The van der Waals surface area contributed by atoms with Gasteiger partial charge in [0.05, 0.1) is 32.4 Å². The van der Waals surface area contributed by atoms with E-state index in [1.807, 2.05) is 30.3 Å². The fraction of sp³-hybridized carbons (Fsp3) is 0.200. The molecule has 0 aliphatic heterocycles. The molecule has 0 aliphatic rings. The number of nitrogens with zero attached hydrogens (tertiary/aromatic N) is 2. The third kappa shape index (κ3) is 4.75. The van der Waals surface area contributed by atoms with E-state index in [1.54, 1.807) is 20.3 Å². The molecule has 0 amide bonds. The average Bonchev–Trinajstić information content (AvgIpc) is 3.29. The molecule has 4 aromatic rings. The Hall–Kier alpha value is -3.64. The quantitative estimate of drug-likeness (QED) is 0.440. The second-order valence-corrected chi connectivity index (χ2v) is 7.21. The van der Waals surface area contributed by atoms with Crippen molar-refractivity contribution >= 4 is 0 Å². The minimum Gasteiger partial charge on any atom is -0.497 e. The van der Waals surface area contributed by atoms with Gasteiger partial charge in [-0.05, 0) is 30.2 Å². The Morgan fingerprint density at radius 2 is 1.65 bits per heavy atom. The minimum absolute atomic E-state index is 0.00710. The largest absolute Gasteiger partial charge is 0.497 e. The molecule has 0 saturated heterocycles. The molecule has 1 atom stereocenters. The van der Waals surface area contributed by atoms with Gasteiger partial charge in [0.1, 0.15) is 11.5 Å². The highest BCUT2D eigenvalue weighted by Crippen LogP contribution is 2.31. The summed E-state index contributed by atoms with van der Waals surface area (Å²) < 4.78 is 16.2. The van der Waals surface area contributed by atoms with Crippen LogP contribution in [0.1, 0.15) is 28.6 Å². The van der Waals surface area contributed by atoms with Gasteiger partial charge in [-0.2, -0.15) is 4.98 Å². The monoisotopic (exact) mass is 415 g/mol. The summed E-state index contributed by atoms with van der Waals surface area (Å²) in [7, 11) is 3.22. The lowest BCUT2D eigenvalue weighted by atomic mass is 9.98. The fourth-order valence-corrected chi connectivity index (χ4v) is 3.44. The van der Waals surface area contributed by atoms with Crippen molar-refractivity contribution in [1.29, 1.82) is 0 Å². The lowest BCUT2D eigenvalue weighted by Gasteiger charge is -2.19. The SMILES string of the molecule is COc1ccc(-c2noc(CNC(c3ccccc3)c3ccc(C)cc3)n2)c(OC)c1. The van der Waals surface area contributed by atoms with Crippen molar-refractivity contribution in [2.24, 2.45) is 0 Å². The van der Waals surface area contributed by atoms with Crippen molar-refractivity contribution in [1.82, 2.24) is 15.5 Å². The van der Waals surface area contributed by atoms with E-state index in [0.717, 1.165) is 5.56 Å². The summed E-state index contributed by atoms with van der Waals surface area (Å²) in [5.74, 6) is 2.31. The zero-order valence-electron chi connectivity index (χ0n) is 17.8. The third-order valence-corrected chi connectivity index (χ3v) is 5.12. The first-order chi connectivity index (χ1) is 15.2. The van der Waals surface area contributed by atoms with Crippen LogP contribution in [0.4, 0.5) is 0 Å². The molecular weight excluding hydrogens is 390 g/mol. The van der Waals surface area contributed by atoms with E-state index in [1.165, 1.54) is 16.7 Å². The number of rotatable bonds is 8. The van der Waals surface area contributed by atoms with Crippen LogP contribution in [0.25, 0.3) is 11.4 Å². The smallest absolute Gasteiger partial charge is 0.240 e. The van der Waals surface area contributed by atoms with Gasteiger partial charge in [-0.3, -0.25) is 5.32 Å². The molecule has 0 radical (unpaired) electrons. The summed E-state index contributed by atoms with van der Waals surface area (Å²) in [4.78, 5) is 4.56. The topological polar surface area (TPSA) is 69.4 Å². The van der Waals surface area contributed by atoms with Crippen molar-refractivity contribution in [2.45, 2.75) is 19.5 Å². The van der Waals surface area contributed by atoms with Gasteiger partial charge in [0.2, 0.25) is 11.7 Å². The number of nitrogens with one attached hydrogen (secondary N) is 1. The van der Waals surface area contributed by atoms with Gasteiger partial charge in [-0.25, -0.2) is 0 Å². The maximum absolute atomic E-state index is 5.51. The average molecular weight is 415 g/mol. The molecule has 3 aromatic carbocycles. The second-order valence-electron chi connectivity index (χ2n) is 7.21. The Kier molecular flexibility index (Phi) is 6.29. The normalized spacial score (nSPS) is 11.8. The van der Waals surface area contributed by atoms with E-state index in [0.29, 0.717) is 29.8 Å². The molecule has 1 N–H and O–H groups in total. The zero-order valence-corrected chi connectivity index (χ0v) is 17.8. The molecule has 1 heterocycles. The number of hydrogen-bond acceptors (Lipinski definition) is 6. The lowest BCUT2D eigenvalue weighted by Crippen LogP contribution is -2.22. The molecule has 6 heteroatoms. The van der Waals surface area contributed by atoms with Gasteiger partial charge in [-0.1, -0.05) is 65.3 Å². The third-order valence-electron chi connectivity index (χ3n) is 5.12. The van der Waals surface area contributed by atoms with Gasteiger partial charge in [0.25, 0.3) is 0 Å². The molecule has 0 fully saturated rings. The first-order valence-corrected chi connectivity index (χ1v) is 10.1. The molecule has 158 valence electrons. The van der Waals surface area contributed by atoms with Crippen LogP contribution in [-0.4, -0.2) is 24.4 Å². The summed E-state index contributed by atoms with van der Waals surface area (Å²) in [5, 5.41) is 7.69. The lowest BCUT2D eigenvalue weighted by molar-refractivity contribution is 0.362. The van der Waals surface area contributed by atoms with E-state index < -0.39 is 0 Å². The number of aromatic nitrogens is 2. The summed E-state index contributed by atoms with van der Waals surface area (Å²) in [6.07, 6.45) is 0. The number of ether oxygens (including phenoxy) is 2. The fourth-order valence-electron chi connectivity index (χ4n) is 3.44. The van der Waals surface area contributed by atoms with Crippen LogP contribution in [0.5, 0.6) is 11.5 Å². The van der Waals surface area contributed by atoms with Crippen molar-refractivity contribution in [3.8, 4) is 22.9 Å². The highest BCUT2D eigenvalue weighted by molar-refractivity contribution is 5.65. The molecule has 0 saturated carbocycles. The van der Waals surface area contributed by atoms with E-state index in [2.05, 4.69) is 58.8 Å². The van der Waals surface area contributed by atoms with Crippen LogP contribution in [0.3, 0.4) is 0 Å². The van der Waals surface area contributed by atoms with Gasteiger partial charge >= 0.3 is 0 Å². The molecule has 0 aliphatic carbocycles. The first kappa shape index (κ1) is 20.6. The molecule has 4 rings (SSSR count). The summed E-state index contributed by atoms with van der Waals surface area (Å²) in [6.45, 7) is 2.51. The van der Waals surface area contributed by atoms with E-state index in [4.69, 9.17) is 14.0 Å². The molecule has 0 bridgehead atoms. The summed E-state index contributed by atoms with van der Waals surface area (Å²) in [5.41, 5.74) is 4.32. The zero-order chi connectivity index (χ0) is 21.6. The van der Waals surface area contributed by atoms with E-state index in [9.17, 15) is 0 Å². The highest BCUT2D eigenvalue weighted by atomic mass is 16.5. The van der Waals surface area contributed by atoms with E-state index in [-0.39, 0.29) is 6.04 Å². The standard InChI is InChI=1S/C25H25N3O3/c1-17-9-11-19(12-10-17)24(18-7-5-4-6-8-18)26-16-23-27-25(28-31-23)21-14-13-20(29-2)15-22(21)30-3/h4-15,24,26H,16H2,1-3H3. The molecule has 1 aromatic heterocycles. The van der Waals surface area contributed by atoms with Gasteiger partial charge in [0, 0.05) is 6.07 Å². The highest BCUT2D eigenvalue weighted by Gasteiger charge is 2.17. The molecule has 0 spiro atoms. The number of aryl methyl sites for hydroxylation is 1. The maximum atomic E-state index is 5.51. The molecule has 1 unspecified atom stereocenters. The Bertz CT molecular complexity index is 1120. The van der Waals surface area contributed by atoms with Crippen LogP contribution in [0.15, 0.2) is 77.3 Å². The van der Waals surface area contributed by atoms with Crippen LogP contribution >= 0.6 is 0 Å². The Morgan fingerprint density at radius 3 is 2.35 bits per heavy atom. The van der Waals surface area contributed by atoms with Crippen LogP contribution in [-0.2, 0) is 6.54 Å². The predicted octanol–water partition coefficient (Wildman–Crippen LogP) is 4.94. The van der Waals surface area contributed by atoms with Crippen molar-refractivity contribution in [2.75, 3.05) is 14.2 Å². The Morgan fingerprint density at radius 1 is 0.903 bits per heavy atom. The first-order valence-electron chi connectivity index (χ1n) is 10.1. The van der Waals surface area contributed by atoms with Gasteiger partial charge < -0.3 is 14.0 Å². The van der Waals surface area contributed by atoms with Crippen LogP contribution in [0.2, 0.25) is 0 Å². The number of methoxy groups -OCH3 is 2. The van der Waals surface area contributed by atoms with Gasteiger partial charge in [0.15, 0.2) is 0 Å². The van der Waals surface area contributed by atoms with Crippen LogP contribution in [0, 0.1) is 6.92 Å². The Labute approximate surface area is 181 Å². The maximum Gasteiger partial charge on any atom is 0.240 e. The predicted molar refractivity (Wildman–Crippen MR) is 119 cm³/mol. The van der Waals surface area contributed by atoms with Gasteiger partial charge in [-0.15, -0.1) is 0 Å². The number of hydrogen-bond donors (Lipinski definition) is 1. The molecular formula is C25H25N3O3. The van der Waals surface area contributed by atoms with Crippen molar-refractivity contribution in [3.63, 3.8) is 0 Å². The Balaban J connectivity index is 1.55. The summed E-state index contributed by atoms with van der Waals surface area (Å²) in [6, 6.07) is 24.3. The molecule has 6 nitrogen and oxygen atoms in total. The number of benzene rings is 3. The minimum atomic E-state index is 0.00710. The molecule has 31 heavy (non-hydrogen) atoms.